The van der Waals surface area contributed by atoms with Crippen molar-refractivity contribution in [2.24, 2.45) is 13.0 Å². The molecule has 31 heavy (non-hydrogen) atoms. The first kappa shape index (κ1) is 21.4. The maximum Gasteiger partial charge on any atom is 0.295 e. The number of hydrogen-bond donors (Lipinski definition) is 0. The van der Waals surface area contributed by atoms with Crippen molar-refractivity contribution < 1.29 is 4.79 Å². The van der Waals surface area contributed by atoms with E-state index in [1.807, 2.05) is 73.5 Å². The van der Waals surface area contributed by atoms with E-state index in [0.717, 1.165) is 42.3 Å². The zero-order chi connectivity index (χ0) is 22.3. The molecule has 0 radical (unpaired) electrons. The molecule has 1 unspecified atom stereocenters. The fourth-order valence-electron chi connectivity index (χ4n) is 4.92. The van der Waals surface area contributed by atoms with Crippen molar-refractivity contribution in [3.63, 3.8) is 0 Å². The molecule has 0 saturated carbocycles. The van der Waals surface area contributed by atoms with Crippen LogP contribution in [0.3, 0.4) is 0 Å². The summed E-state index contributed by atoms with van der Waals surface area (Å²) in [5.41, 5.74) is 4.65. The van der Waals surface area contributed by atoms with Gasteiger partial charge >= 0.3 is 0 Å². The number of ketones is 1. The highest BCUT2D eigenvalue weighted by Gasteiger charge is 2.25. The van der Waals surface area contributed by atoms with Gasteiger partial charge in [-0.3, -0.25) is 19.2 Å². The lowest BCUT2D eigenvalue weighted by molar-refractivity contribution is 0.0892. The summed E-state index contributed by atoms with van der Waals surface area (Å²) in [7, 11) is 1.89. The van der Waals surface area contributed by atoms with Gasteiger partial charge in [-0.2, -0.15) is 0 Å². The standard InChI is InChI=1S/C25H32N4O2/c1-17-10-9-13-27(15-17)16-23(30)22-14-18(2)28(19(22)3)24-20(4)26(5)29(25(24)31)21-11-7-6-8-12-21/h6-8,11-12,14,17H,9-10,13,15-16H2,1-5H3. The molecule has 1 saturated heterocycles. The number of piperidine rings is 1. The van der Waals surface area contributed by atoms with Gasteiger partial charge in [0, 0.05) is 30.5 Å². The molecule has 0 bridgehead atoms. The average molecular weight is 421 g/mol. The minimum atomic E-state index is -0.0862. The van der Waals surface area contributed by atoms with E-state index in [2.05, 4.69) is 11.8 Å². The van der Waals surface area contributed by atoms with Gasteiger partial charge in [-0.1, -0.05) is 25.1 Å². The zero-order valence-electron chi connectivity index (χ0n) is 19.2. The first-order valence-corrected chi connectivity index (χ1v) is 11.1. The van der Waals surface area contributed by atoms with Crippen LogP contribution in [0.4, 0.5) is 0 Å². The van der Waals surface area contributed by atoms with E-state index in [9.17, 15) is 9.59 Å². The number of Topliss-reactive ketones (excluding diaryl/α,β-unsaturated/α-hetero) is 1. The maximum absolute atomic E-state index is 13.5. The Morgan fingerprint density at radius 3 is 2.48 bits per heavy atom. The van der Waals surface area contributed by atoms with Crippen LogP contribution in [0.5, 0.6) is 0 Å². The van der Waals surface area contributed by atoms with Crippen LogP contribution in [-0.2, 0) is 7.05 Å². The van der Waals surface area contributed by atoms with Gasteiger partial charge in [0.1, 0.15) is 5.69 Å². The minimum Gasteiger partial charge on any atom is -0.311 e. The van der Waals surface area contributed by atoms with Gasteiger partial charge < -0.3 is 4.57 Å². The summed E-state index contributed by atoms with van der Waals surface area (Å²) in [4.78, 5) is 28.9. The van der Waals surface area contributed by atoms with Crippen LogP contribution in [0.2, 0.25) is 0 Å². The molecule has 0 N–H and O–H groups in total. The lowest BCUT2D eigenvalue weighted by Gasteiger charge is -2.30. The first-order chi connectivity index (χ1) is 14.8. The van der Waals surface area contributed by atoms with E-state index in [0.29, 0.717) is 23.7 Å². The number of benzene rings is 1. The molecule has 3 aromatic rings. The third-order valence-electron chi connectivity index (χ3n) is 6.59. The first-order valence-electron chi connectivity index (χ1n) is 11.1. The smallest absolute Gasteiger partial charge is 0.295 e. The summed E-state index contributed by atoms with van der Waals surface area (Å²) in [6.07, 6.45) is 2.38. The Bertz CT molecular complexity index is 1170. The molecule has 1 aliphatic heterocycles. The second-order valence-electron chi connectivity index (χ2n) is 8.94. The fourth-order valence-corrected chi connectivity index (χ4v) is 4.92. The Kier molecular flexibility index (Phi) is 5.75. The summed E-state index contributed by atoms with van der Waals surface area (Å²) in [5.74, 6) is 0.767. The van der Waals surface area contributed by atoms with Crippen molar-refractivity contribution in [3.8, 4) is 11.4 Å². The summed E-state index contributed by atoms with van der Waals surface area (Å²) in [6.45, 7) is 10.5. The molecule has 1 atom stereocenters. The monoisotopic (exact) mass is 420 g/mol. The Morgan fingerprint density at radius 2 is 1.81 bits per heavy atom. The molecule has 0 spiro atoms. The van der Waals surface area contributed by atoms with Crippen LogP contribution >= 0.6 is 0 Å². The van der Waals surface area contributed by atoms with Crippen molar-refractivity contribution >= 4 is 5.78 Å². The van der Waals surface area contributed by atoms with Crippen molar-refractivity contribution in [2.75, 3.05) is 19.6 Å². The van der Waals surface area contributed by atoms with Crippen molar-refractivity contribution in [2.45, 2.75) is 40.5 Å². The molecule has 6 heteroatoms. The number of nitrogens with zero attached hydrogens (tertiary/aromatic N) is 4. The Morgan fingerprint density at radius 1 is 1.10 bits per heavy atom. The van der Waals surface area contributed by atoms with E-state index in [-0.39, 0.29) is 11.3 Å². The highest BCUT2D eigenvalue weighted by Crippen LogP contribution is 2.24. The molecule has 164 valence electrons. The van der Waals surface area contributed by atoms with Crippen LogP contribution < -0.4 is 5.56 Å². The van der Waals surface area contributed by atoms with Crippen molar-refractivity contribution in [3.05, 3.63) is 69.4 Å². The molecular weight excluding hydrogens is 388 g/mol. The van der Waals surface area contributed by atoms with Gasteiger partial charge in [-0.25, -0.2) is 4.68 Å². The molecule has 6 nitrogen and oxygen atoms in total. The topological polar surface area (TPSA) is 52.2 Å². The second kappa shape index (κ2) is 8.35. The number of rotatable bonds is 5. The van der Waals surface area contributed by atoms with Crippen LogP contribution in [0.15, 0.2) is 41.2 Å². The lowest BCUT2D eigenvalue weighted by atomic mass is 9.99. The number of aryl methyl sites for hydroxylation is 1. The van der Waals surface area contributed by atoms with Crippen molar-refractivity contribution in [1.29, 1.82) is 0 Å². The maximum atomic E-state index is 13.5. The molecule has 3 heterocycles. The summed E-state index contributed by atoms with van der Waals surface area (Å²) in [6, 6.07) is 11.6. The summed E-state index contributed by atoms with van der Waals surface area (Å²) in [5, 5.41) is 0. The third kappa shape index (κ3) is 3.81. The summed E-state index contributed by atoms with van der Waals surface area (Å²) >= 11 is 0. The lowest BCUT2D eigenvalue weighted by Crippen LogP contribution is -2.38. The van der Waals surface area contributed by atoms with E-state index in [4.69, 9.17) is 0 Å². The number of carbonyl (C=O) groups is 1. The van der Waals surface area contributed by atoms with Crippen LogP contribution in [0.25, 0.3) is 11.4 Å². The average Bonchev–Trinajstić information content (AvgIpc) is 3.14. The van der Waals surface area contributed by atoms with Gasteiger partial charge in [0.15, 0.2) is 5.78 Å². The Hall–Kier alpha value is -2.86. The molecule has 2 aromatic heterocycles. The number of hydrogen-bond acceptors (Lipinski definition) is 3. The van der Waals surface area contributed by atoms with Crippen LogP contribution in [0.1, 0.15) is 47.2 Å². The Balaban J connectivity index is 1.73. The minimum absolute atomic E-state index is 0.0862. The van der Waals surface area contributed by atoms with Gasteiger partial charge in [0.2, 0.25) is 0 Å². The molecule has 1 fully saturated rings. The van der Waals surface area contributed by atoms with Crippen LogP contribution in [-0.4, -0.2) is 44.2 Å². The molecule has 1 aromatic carbocycles. The fraction of sp³-hybridized carbons (Fsp3) is 0.440. The number of aromatic nitrogens is 3. The van der Waals surface area contributed by atoms with E-state index in [1.54, 1.807) is 4.68 Å². The van der Waals surface area contributed by atoms with E-state index < -0.39 is 0 Å². The third-order valence-corrected chi connectivity index (χ3v) is 6.59. The van der Waals surface area contributed by atoms with Gasteiger partial charge in [0.05, 0.1) is 17.9 Å². The largest absolute Gasteiger partial charge is 0.311 e. The van der Waals surface area contributed by atoms with Gasteiger partial charge in [-0.15, -0.1) is 0 Å². The van der Waals surface area contributed by atoms with E-state index in [1.165, 1.54) is 6.42 Å². The molecule has 0 amide bonds. The highest BCUT2D eigenvalue weighted by molar-refractivity contribution is 5.99. The quantitative estimate of drug-likeness (QED) is 0.590. The predicted molar refractivity (Wildman–Crippen MR) is 124 cm³/mol. The number of carbonyl (C=O) groups excluding carboxylic acids is 1. The number of likely N-dealkylation sites (tertiary alicyclic amines) is 1. The van der Waals surface area contributed by atoms with Crippen LogP contribution in [0, 0.1) is 26.7 Å². The van der Waals surface area contributed by atoms with E-state index >= 15 is 0 Å². The predicted octanol–water partition coefficient (Wildman–Crippen LogP) is 3.81. The normalized spacial score (nSPS) is 17.3. The Labute approximate surface area is 183 Å². The highest BCUT2D eigenvalue weighted by atomic mass is 16.1. The second-order valence-corrected chi connectivity index (χ2v) is 8.94. The SMILES string of the molecule is Cc1cc(C(=O)CN2CCCC(C)C2)c(C)n1-c1c(C)n(C)n(-c2ccccc2)c1=O. The molecule has 0 aliphatic carbocycles. The molecule has 1 aliphatic rings. The molecular formula is C25H32N4O2. The summed E-state index contributed by atoms with van der Waals surface area (Å²) < 4.78 is 5.51. The number of para-hydroxylation sites is 1. The van der Waals surface area contributed by atoms with Gasteiger partial charge in [0.25, 0.3) is 5.56 Å². The van der Waals surface area contributed by atoms with Crippen molar-refractivity contribution in [1.82, 2.24) is 18.8 Å². The van der Waals surface area contributed by atoms with Gasteiger partial charge in [-0.05, 0) is 64.3 Å². The molecule has 4 rings (SSSR count). The zero-order valence-corrected chi connectivity index (χ0v) is 19.2.